The molecule has 2 unspecified atom stereocenters. The minimum absolute atomic E-state index is 0.441. The van der Waals surface area contributed by atoms with E-state index in [9.17, 15) is 0 Å². The number of aryl methyl sites for hydroxylation is 1. The molecule has 2 atom stereocenters. The van der Waals surface area contributed by atoms with Crippen LogP contribution >= 0.6 is 43.2 Å². The maximum Gasteiger partial charge on any atom is 0.0843 e. The first-order valence-corrected chi connectivity index (χ1v) is 9.28. The fraction of sp³-hybridized carbons (Fsp3) is 0.375. The zero-order valence-electron chi connectivity index (χ0n) is 11.3. The number of halogens is 2. The lowest BCUT2D eigenvalue weighted by molar-refractivity contribution is 0.346. The highest BCUT2D eigenvalue weighted by molar-refractivity contribution is 9.13. The van der Waals surface area contributed by atoms with Gasteiger partial charge in [-0.1, -0.05) is 24.3 Å². The molecule has 1 aliphatic carbocycles. The van der Waals surface area contributed by atoms with Crippen LogP contribution in [0.5, 0.6) is 0 Å². The molecule has 1 heterocycles. The van der Waals surface area contributed by atoms with Gasteiger partial charge in [0.25, 0.3) is 0 Å². The standard InChI is InChI=1S/C16H17Br2NS/c1-19-15(14-9-13(17)16(18)20-14)12-7-6-10-4-2-3-5-11(10)8-12/h2-5,9,12,15,19H,6-8H2,1H3. The molecule has 0 saturated heterocycles. The lowest BCUT2D eigenvalue weighted by Crippen LogP contribution is -2.29. The van der Waals surface area contributed by atoms with Gasteiger partial charge in [0.05, 0.1) is 3.79 Å². The van der Waals surface area contributed by atoms with Gasteiger partial charge in [-0.2, -0.15) is 0 Å². The predicted molar refractivity (Wildman–Crippen MR) is 93.5 cm³/mol. The molecule has 0 aliphatic heterocycles. The number of rotatable bonds is 3. The largest absolute Gasteiger partial charge is 0.312 e. The Kier molecular flexibility index (Phi) is 4.65. The molecule has 4 heteroatoms. The van der Waals surface area contributed by atoms with E-state index in [4.69, 9.17) is 0 Å². The lowest BCUT2D eigenvalue weighted by Gasteiger charge is -2.31. The van der Waals surface area contributed by atoms with Gasteiger partial charge in [0, 0.05) is 15.4 Å². The van der Waals surface area contributed by atoms with Crippen molar-refractivity contribution in [1.82, 2.24) is 5.32 Å². The van der Waals surface area contributed by atoms with Crippen molar-refractivity contribution in [1.29, 1.82) is 0 Å². The lowest BCUT2D eigenvalue weighted by atomic mass is 9.79. The van der Waals surface area contributed by atoms with E-state index in [1.165, 1.54) is 39.1 Å². The van der Waals surface area contributed by atoms with Crippen LogP contribution in [0.3, 0.4) is 0 Å². The molecule has 106 valence electrons. The monoisotopic (exact) mass is 413 g/mol. The summed E-state index contributed by atoms with van der Waals surface area (Å²) < 4.78 is 2.35. The van der Waals surface area contributed by atoms with Crippen LogP contribution in [-0.2, 0) is 12.8 Å². The summed E-state index contributed by atoms with van der Waals surface area (Å²) in [6.45, 7) is 0. The molecule has 1 nitrogen and oxygen atoms in total. The van der Waals surface area contributed by atoms with Gasteiger partial charge in [0.2, 0.25) is 0 Å². The van der Waals surface area contributed by atoms with Gasteiger partial charge >= 0.3 is 0 Å². The number of thiophene rings is 1. The molecule has 0 saturated carbocycles. The van der Waals surface area contributed by atoms with Crippen LogP contribution in [0.1, 0.15) is 28.5 Å². The van der Waals surface area contributed by atoms with Gasteiger partial charge in [0.1, 0.15) is 0 Å². The first kappa shape index (κ1) is 14.8. The van der Waals surface area contributed by atoms with Crippen molar-refractivity contribution in [3.05, 3.63) is 54.6 Å². The van der Waals surface area contributed by atoms with Crippen LogP contribution in [0, 0.1) is 5.92 Å². The molecule has 20 heavy (non-hydrogen) atoms. The van der Waals surface area contributed by atoms with Gasteiger partial charge in [-0.05, 0) is 81.3 Å². The smallest absolute Gasteiger partial charge is 0.0843 e. The third-order valence-electron chi connectivity index (χ3n) is 4.14. The van der Waals surface area contributed by atoms with Crippen LogP contribution in [0.15, 0.2) is 38.6 Å². The Balaban J connectivity index is 1.85. The molecule has 0 radical (unpaired) electrons. The highest BCUT2D eigenvalue weighted by atomic mass is 79.9. The SMILES string of the molecule is CNC(c1cc(Br)c(Br)s1)C1CCc2ccccc2C1. The summed E-state index contributed by atoms with van der Waals surface area (Å²) in [6.07, 6.45) is 3.64. The summed E-state index contributed by atoms with van der Waals surface area (Å²) in [6, 6.07) is 11.6. The molecule has 0 fully saturated rings. The summed E-state index contributed by atoms with van der Waals surface area (Å²) in [5.41, 5.74) is 3.06. The topological polar surface area (TPSA) is 12.0 Å². The number of benzene rings is 1. The van der Waals surface area contributed by atoms with Crippen LogP contribution in [-0.4, -0.2) is 7.05 Å². The molecule has 0 spiro atoms. The van der Waals surface area contributed by atoms with E-state index in [1.807, 2.05) is 11.3 Å². The summed E-state index contributed by atoms with van der Waals surface area (Å²) in [7, 11) is 2.08. The fourth-order valence-corrected chi connectivity index (χ4v) is 5.43. The molecule has 1 aliphatic rings. The van der Waals surface area contributed by atoms with Crippen LogP contribution in [0.2, 0.25) is 0 Å². The van der Waals surface area contributed by atoms with E-state index < -0.39 is 0 Å². The number of hydrogen-bond acceptors (Lipinski definition) is 2. The van der Waals surface area contributed by atoms with E-state index >= 15 is 0 Å². The fourth-order valence-electron chi connectivity index (χ4n) is 3.14. The highest BCUT2D eigenvalue weighted by Gasteiger charge is 2.27. The van der Waals surface area contributed by atoms with Crippen LogP contribution in [0.4, 0.5) is 0 Å². The average molecular weight is 415 g/mol. The van der Waals surface area contributed by atoms with E-state index in [2.05, 4.69) is 74.6 Å². The third kappa shape index (κ3) is 2.89. The third-order valence-corrected chi connectivity index (χ3v) is 7.48. The Morgan fingerprint density at radius 1 is 1.25 bits per heavy atom. The van der Waals surface area contributed by atoms with E-state index in [0.29, 0.717) is 12.0 Å². The normalized spacial score (nSPS) is 19.6. The number of hydrogen-bond donors (Lipinski definition) is 1. The highest BCUT2D eigenvalue weighted by Crippen LogP contribution is 2.41. The Morgan fingerprint density at radius 2 is 2.00 bits per heavy atom. The van der Waals surface area contributed by atoms with Crippen molar-refractivity contribution < 1.29 is 0 Å². The van der Waals surface area contributed by atoms with E-state index in [0.717, 1.165) is 4.47 Å². The summed E-state index contributed by atoms with van der Waals surface area (Å²) in [5.74, 6) is 0.673. The Morgan fingerprint density at radius 3 is 2.65 bits per heavy atom. The first-order chi connectivity index (χ1) is 9.69. The summed E-state index contributed by atoms with van der Waals surface area (Å²) >= 11 is 9.04. The quantitative estimate of drug-likeness (QED) is 0.714. The zero-order valence-corrected chi connectivity index (χ0v) is 15.3. The first-order valence-electron chi connectivity index (χ1n) is 6.88. The second-order valence-corrected chi connectivity index (χ2v) is 8.56. The molecule has 1 aromatic heterocycles. The van der Waals surface area contributed by atoms with Crippen molar-refractivity contribution in [2.75, 3.05) is 7.05 Å². The van der Waals surface area contributed by atoms with Gasteiger partial charge in [0.15, 0.2) is 0 Å². The van der Waals surface area contributed by atoms with E-state index in [1.54, 1.807) is 0 Å². The molecular weight excluding hydrogens is 398 g/mol. The summed E-state index contributed by atoms with van der Waals surface area (Å²) in [5, 5.41) is 3.53. The van der Waals surface area contributed by atoms with Gasteiger partial charge in [-0.3, -0.25) is 0 Å². The molecule has 1 aromatic carbocycles. The maximum absolute atomic E-state index is 3.61. The second kappa shape index (κ2) is 6.30. The molecule has 0 bridgehead atoms. The van der Waals surface area contributed by atoms with Gasteiger partial charge in [-0.25, -0.2) is 0 Å². The second-order valence-electron chi connectivity index (χ2n) is 5.31. The van der Waals surface area contributed by atoms with Crippen LogP contribution < -0.4 is 5.32 Å². The summed E-state index contributed by atoms with van der Waals surface area (Å²) in [4.78, 5) is 1.41. The van der Waals surface area contributed by atoms with E-state index in [-0.39, 0.29) is 0 Å². The van der Waals surface area contributed by atoms with Crippen molar-refractivity contribution in [2.24, 2.45) is 5.92 Å². The predicted octanol–water partition coefficient (Wildman–Crippen LogP) is 5.34. The Hall–Kier alpha value is -0.160. The van der Waals surface area contributed by atoms with Crippen LogP contribution in [0.25, 0.3) is 0 Å². The molecule has 2 aromatic rings. The average Bonchev–Trinajstić information content (AvgIpc) is 2.79. The van der Waals surface area contributed by atoms with Gasteiger partial charge < -0.3 is 5.32 Å². The maximum atomic E-state index is 3.61. The zero-order chi connectivity index (χ0) is 14.1. The molecule has 1 N–H and O–H groups in total. The molecule has 0 amide bonds. The van der Waals surface area contributed by atoms with Crippen molar-refractivity contribution in [3.8, 4) is 0 Å². The van der Waals surface area contributed by atoms with Crippen molar-refractivity contribution in [3.63, 3.8) is 0 Å². The molecular formula is C16H17Br2NS. The van der Waals surface area contributed by atoms with Gasteiger partial charge in [-0.15, -0.1) is 11.3 Å². The number of fused-ring (bicyclic) bond motifs is 1. The Labute approximate surface area is 141 Å². The molecule has 3 rings (SSSR count). The minimum Gasteiger partial charge on any atom is -0.312 e. The minimum atomic E-state index is 0.441. The van der Waals surface area contributed by atoms with Crippen molar-refractivity contribution >= 4 is 43.2 Å². The van der Waals surface area contributed by atoms with Crippen molar-refractivity contribution in [2.45, 2.75) is 25.3 Å². The Bertz CT molecular complexity index is 589. The number of nitrogens with one attached hydrogen (secondary N) is 1.